The standard InChI is InChI=1S/C27H31N3O5/c1-18-8-6-7-13-30(18)27(33)23-17-29(15-20-9-4-5-10-24(20)34-3)16-22(25(23)31)26(32)28-14-21-12-11-19(2)35-21/h4-5,9-12,16-18H,6-8,13-15H2,1-3H3,(H,28,32). The number of piperidine rings is 1. The molecule has 1 aliphatic heterocycles. The third-order valence-electron chi connectivity index (χ3n) is 6.38. The zero-order valence-electron chi connectivity index (χ0n) is 20.4. The van der Waals surface area contributed by atoms with E-state index in [2.05, 4.69) is 5.32 Å². The van der Waals surface area contributed by atoms with Crippen LogP contribution in [-0.2, 0) is 13.1 Å². The first kappa shape index (κ1) is 24.3. The molecule has 1 fully saturated rings. The van der Waals surface area contributed by atoms with Crippen LogP contribution in [0, 0.1) is 6.92 Å². The number of amides is 2. The van der Waals surface area contributed by atoms with Gasteiger partial charge in [-0.3, -0.25) is 14.4 Å². The average molecular weight is 478 g/mol. The Hall–Kier alpha value is -3.81. The molecule has 0 saturated carbocycles. The molecule has 8 heteroatoms. The lowest BCUT2D eigenvalue weighted by Crippen LogP contribution is -2.44. The second-order valence-corrected chi connectivity index (χ2v) is 8.94. The van der Waals surface area contributed by atoms with E-state index in [0.29, 0.717) is 24.6 Å². The lowest BCUT2D eigenvalue weighted by Gasteiger charge is -2.33. The van der Waals surface area contributed by atoms with E-state index in [1.807, 2.05) is 38.1 Å². The van der Waals surface area contributed by atoms with E-state index in [9.17, 15) is 14.4 Å². The van der Waals surface area contributed by atoms with Crippen molar-refractivity contribution >= 4 is 11.8 Å². The van der Waals surface area contributed by atoms with E-state index in [0.717, 1.165) is 30.6 Å². The molecule has 1 saturated heterocycles. The number of nitrogens with one attached hydrogen (secondary N) is 1. The minimum absolute atomic E-state index is 0.00450. The number of likely N-dealkylation sites (tertiary alicyclic amines) is 1. The summed E-state index contributed by atoms with van der Waals surface area (Å²) < 4.78 is 12.7. The molecule has 1 aromatic carbocycles. The molecular weight excluding hydrogens is 446 g/mol. The summed E-state index contributed by atoms with van der Waals surface area (Å²) in [7, 11) is 1.59. The Balaban J connectivity index is 1.70. The summed E-state index contributed by atoms with van der Waals surface area (Å²) in [5.41, 5.74) is 0.201. The van der Waals surface area contributed by atoms with Crippen LogP contribution in [0.5, 0.6) is 5.75 Å². The maximum atomic E-state index is 13.5. The van der Waals surface area contributed by atoms with Crippen molar-refractivity contribution in [3.63, 3.8) is 0 Å². The molecule has 3 heterocycles. The number of nitrogens with zero attached hydrogens (tertiary/aromatic N) is 2. The van der Waals surface area contributed by atoms with Crippen LogP contribution in [0.15, 0.2) is 58.0 Å². The van der Waals surface area contributed by atoms with Gasteiger partial charge in [-0.25, -0.2) is 0 Å². The predicted octanol–water partition coefficient (Wildman–Crippen LogP) is 3.75. The molecule has 1 aliphatic rings. The van der Waals surface area contributed by atoms with Crippen molar-refractivity contribution < 1.29 is 18.7 Å². The van der Waals surface area contributed by atoms with Gasteiger partial charge in [-0.2, -0.15) is 0 Å². The quantitative estimate of drug-likeness (QED) is 0.559. The number of furan rings is 1. The van der Waals surface area contributed by atoms with E-state index in [4.69, 9.17) is 9.15 Å². The number of methoxy groups -OCH3 is 1. The Morgan fingerprint density at radius 2 is 1.89 bits per heavy atom. The van der Waals surface area contributed by atoms with Gasteiger partial charge in [0.25, 0.3) is 11.8 Å². The maximum absolute atomic E-state index is 13.5. The number of rotatable bonds is 7. The Labute approximate surface area is 204 Å². The molecular formula is C27H31N3O5. The second-order valence-electron chi connectivity index (χ2n) is 8.94. The largest absolute Gasteiger partial charge is 0.496 e. The van der Waals surface area contributed by atoms with Crippen molar-refractivity contribution in [2.24, 2.45) is 0 Å². The van der Waals surface area contributed by atoms with Gasteiger partial charge in [0, 0.05) is 30.5 Å². The fourth-order valence-corrected chi connectivity index (χ4v) is 4.46. The molecule has 3 aromatic rings. The third-order valence-corrected chi connectivity index (χ3v) is 6.38. The van der Waals surface area contributed by atoms with Crippen molar-refractivity contribution in [2.45, 2.75) is 52.2 Å². The fraction of sp³-hybridized carbons (Fsp3) is 0.370. The first-order valence-corrected chi connectivity index (χ1v) is 11.9. The van der Waals surface area contributed by atoms with Crippen molar-refractivity contribution in [1.82, 2.24) is 14.8 Å². The number of carbonyl (C=O) groups is 2. The third kappa shape index (κ3) is 5.48. The van der Waals surface area contributed by atoms with Gasteiger partial charge in [0.15, 0.2) is 0 Å². The van der Waals surface area contributed by atoms with Crippen molar-refractivity contribution in [2.75, 3.05) is 13.7 Å². The normalized spacial score (nSPS) is 15.6. The Kier molecular flexibility index (Phi) is 7.39. The number of aryl methyl sites for hydroxylation is 1. The minimum atomic E-state index is -0.572. The van der Waals surface area contributed by atoms with Crippen LogP contribution in [0.3, 0.4) is 0 Å². The highest BCUT2D eigenvalue weighted by molar-refractivity contribution is 5.99. The molecule has 4 rings (SSSR count). The van der Waals surface area contributed by atoms with Gasteiger partial charge in [-0.15, -0.1) is 0 Å². The lowest BCUT2D eigenvalue weighted by atomic mass is 10.0. The van der Waals surface area contributed by atoms with E-state index in [1.165, 1.54) is 6.20 Å². The number of pyridine rings is 1. The molecule has 0 bridgehead atoms. The van der Waals surface area contributed by atoms with Crippen molar-refractivity contribution in [1.29, 1.82) is 0 Å². The van der Waals surface area contributed by atoms with Crippen LogP contribution >= 0.6 is 0 Å². The van der Waals surface area contributed by atoms with Crippen molar-refractivity contribution in [3.05, 3.63) is 87.2 Å². The SMILES string of the molecule is COc1ccccc1Cn1cc(C(=O)NCc2ccc(C)o2)c(=O)c(C(=O)N2CCCCC2C)c1. The van der Waals surface area contributed by atoms with E-state index < -0.39 is 11.3 Å². The van der Waals surface area contributed by atoms with Gasteiger partial charge in [0.2, 0.25) is 5.43 Å². The zero-order chi connectivity index (χ0) is 24.9. The van der Waals surface area contributed by atoms with Crippen LogP contribution in [0.2, 0.25) is 0 Å². The fourth-order valence-electron chi connectivity index (χ4n) is 4.46. The Bertz CT molecular complexity index is 1280. The molecule has 1 atom stereocenters. The number of aromatic nitrogens is 1. The molecule has 2 amide bonds. The van der Waals surface area contributed by atoms with Gasteiger partial charge in [-0.05, 0) is 51.3 Å². The number of carbonyl (C=O) groups excluding carboxylic acids is 2. The maximum Gasteiger partial charge on any atom is 0.259 e. The number of hydrogen-bond donors (Lipinski definition) is 1. The molecule has 0 radical (unpaired) electrons. The summed E-state index contributed by atoms with van der Waals surface area (Å²) >= 11 is 0. The number of para-hydroxylation sites is 1. The molecule has 0 aliphatic carbocycles. The molecule has 8 nitrogen and oxygen atoms in total. The van der Waals surface area contributed by atoms with Crippen LogP contribution in [0.4, 0.5) is 0 Å². The summed E-state index contributed by atoms with van der Waals surface area (Å²) in [6, 6.07) is 11.1. The van der Waals surface area contributed by atoms with Gasteiger partial charge < -0.3 is 23.9 Å². The lowest BCUT2D eigenvalue weighted by molar-refractivity contribution is 0.0633. The Morgan fingerprint density at radius 3 is 2.60 bits per heavy atom. The Morgan fingerprint density at radius 1 is 1.11 bits per heavy atom. The monoisotopic (exact) mass is 477 g/mol. The highest BCUT2D eigenvalue weighted by atomic mass is 16.5. The second kappa shape index (κ2) is 10.6. The van der Waals surface area contributed by atoms with Crippen LogP contribution in [0.25, 0.3) is 0 Å². The molecule has 35 heavy (non-hydrogen) atoms. The zero-order valence-corrected chi connectivity index (χ0v) is 20.4. The predicted molar refractivity (Wildman–Crippen MR) is 132 cm³/mol. The van der Waals surface area contributed by atoms with E-state index >= 15 is 0 Å². The summed E-state index contributed by atoms with van der Waals surface area (Å²) in [4.78, 5) is 41.6. The minimum Gasteiger partial charge on any atom is -0.496 e. The summed E-state index contributed by atoms with van der Waals surface area (Å²) in [5, 5.41) is 2.74. The number of benzene rings is 1. The molecule has 1 unspecified atom stereocenters. The molecule has 1 N–H and O–H groups in total. The first-order valence-electron chi connectivity index (χ1n) is 11.9. The average Bonchev–Trinajstić information content (AvgIpc) is 3.28. The van der Waals surface area contributed by atoms with Crippen LogP contribution in [0.1, 0.15) is 64.0 Å². The number of ether oxygens (including phenoxy) is 1. The van der Waals surface area contributed by atoms with Gasteiger partial charge in [0.1, 0.15) is 28.4 Å². The van der Waals surface area contributed by atoms with E-state index in [1.54, 1.807) is 34.9 Å². The molecule has 2 aromatic heterocycles. The van der Waals surface area contributed by atoms with Crippen LogP contribution in [-0.4, -0.2) is 41.0 Å². The summed E-state index contributed by atoms with van der Waals surface area (Å²) in [5.74, 6) is 1.10. The summed E-state index contributed by atoms with van der Waals surface area (Å²) in [6.07, 6.45) is 5.88. The highest BCUT2D eigenvalue weighted by Crippen LogP contribution is 2.21. The van der Waals surface area contributed by atoms with Crippen LogP contribution < -0.4 is 15.5 Å². The van der Waals surface area contributed by atoms with E-state index in [-0.39, 0.29) is 29.6 Å². The first-order chi connectivity index (χ1) is 16.9. The van der Waals surface area contributed by atoms with Gasteiger partial charge >= 0.3 is 0 Å². The topological polar surface area (TPSA) is 93.8 Å². The molecule has 0 spiro atoms. The van der Waals surface area contributed by atoms with Gasteiger partial charge in [-0.1, -0.05) is 18.2 Å². The molecule has 184 valence electrons. The van der Waals surface area contributed by atoms with Gasteiger partial charge in [0.05, 0.1) is 20.2 Å². The smallest absolute Gasteiger partial charge is 0.259 e. The van der Waals surface area contributed by atoms with Crippen molar-refractivity contribution in [3.8, 4) is 5.75 Å². The highest BCUT2D eigenvalue weighted by Gasteiger charge is 2.28. The number of hydrogen-bond acceptors (Lipinski definition) is 5. The summed E-state index contributed by atoms with van der Waals surface area (Å²) in [6.45, 7) is 4.88.